The molecule has 1 saturated carbocycles. The van der Waals surface area contributed by atoms with Gasteiger partial charge in [-0.1, -0.05) is 43.7 Å². The molecule has 0 spiro atoms. The topological polar surface area (TPSA) is 32.3 Å². The Kier molecular flexibility index (Phi) is 3.78. The number of nitrogens with zero attached hydrogens (tertiary/aromatic N) is 1. The van der Waals surface area contributed by atoms with Crippen LogP contribution in [-0.2, 0) is 4.79 Å². The predicted octanol–water partition coefficient (Wildman–Crippen LogP) is 3.47. The number of nitrogens with one attached hydrogen (secondary N) is 1. The summed E-state index contributed by atoms with van der Waals surface area (Å²) < 4.78 is 0. The van der Waals surface area contributed by atoms with Gasteiger partial charge in [-0.05, 0) is 44.6 Å². The summed E-state index contributed by atoms with van der Waals surface area (Å²) >= 11 is 0. The molecule has 3 heteroatoms. The fourth-order valence-corrected chi connectivity index (χ4v) is 3.54. The Morgan fingerprint density at radius 3 is 2.52 bits per heavy atom. The number of amides is 1. The van der Waals surface area contributed by atoms with Gasteiger partial charge in [0.2, 0.25) is 5.91 Å². The van der Waals surface area contributed by atoms with Gasteiger partial charge in [0.1, 0.15) is 6.17 Å². The second-order valence-electron chi connectivity index (χ2n) is 6.79. The van der Waals surface area contributed by atoms with E-state index in [1.54, 1.807) is 0 Å². The Hall–Kier alpha value is -1.35. The van der Waals surface area contributed by atoms with Gasteiger partial charge in [0.05, 0.1) is 5.54 Å². The molecule has 3 atom stereocenters. The first-order valence-corrected chi connectivity index (χ1v) is 8.22. The van der Waals surface area contributed by atoms with Crippen molar-refractivity contribution in [3.63, 3.8) is 0 Å². The second-order valence-corrected chi connectivity index (χ2v) is 6.79. The van der Waals surface area contributed by atoms with E-state index >= 15 is 0 Å². The van der Waals surface area contributed by atoms with Crippen molar-refractivity contribution in [1.82, 2.24) is 10.2 Å². The Morgan fingerprint density at radius 1 is 1.33 bits per heavy atom. The zero-order chi connectivity index (χ0) is 15.0. The molecular weight excluding hydrogens is 260 g/mol. The lowest BCUT2D eigenvalue weighted by molar-refractivity contribution is -0.136. The molecular formula is C18H26N2O. The van der Waals surface area contributed by atoms with E-state index in [1.807, 2.05) is 13.0 Å². The molecule has 3 unspecified atom stereocenters. The van der Waals surface area contributed by atoms with Crippen LogP contribution < -0.4 is 5.32 Å². The third-order valence-electron chi connectivity index (χ3n) is 5.53. The van der Waals surface area contributed by atoms with Crippen LogP contribution in [0.3, 0.4) is 0 Å². The molecule has 1 N–H and O–H groups in total. The third-order valence-corrected chi connectivity index (χ3v) is 5.53. The quantitative estimate of drug-likeness (QED) is 0.919. The van der Waals surface area contributed by atoms with Crippen LogP contribution in [0.2, 0.25) is 0 Å². The van der Waals surface area contributed by atoms with E-state index in [4.69, 9.17) is 0 Å². The maximum atomic E-state index is 13.0. The van der Waals surface area contributed by atoms with Crippen LogP contribution in [-0.4, -0.2) is 22.4 Å². The first-order chi connectivity index (χ1) is 10.1. The first kappa shape index (κ1) is 14.6. The van der Waals surface area contributed by atoms with Gasteiger partial charge < -0.3 is 4.90 Å². The normalized spacial score (nSPS) is 31.3. The van der Waals surface area contributed by atoms with E-state index in [1.165, 1.54) is 24.8 Å². The van der Waals surface area contributed by atoms with Gasteiger partial charge in [0.25, 0.3) is 0 Å². The van der Waals surface area contributed by atoms with Crippen molar-refractivity contribution >= 4 is 5.91 Å². The molecule has 0 bridgehead atoms. The molecule has 114 valence electrons. The first-order valence-electron chi connectivity index (χ1n) is 8.22. The molecule has 1 aromatic rings. The molecule has 1 heterocycles. The average molecular weight is 286 g/mol. The van der Waals surface area contributed by atoms with Crippen molar-refractivity contribution in [3.8, 4) is 0 Å². The van der Waals surface area contributed by atoms with Crippen LogP contribution in [0.1, 0.15) is 58.2 Å². The molecule has 1 aromatic carbocycles. The van der Waals surface area contributed by atoms with E-state index in [-0.39, 0.29) is 12.1 Å². The van der Waals surface area contributed by atoms with Crippen LogP contribution in [0.4, 0.5) is 0 Å². The number of benzene rings is 1. The number of carbonyl (C=O) groups is 1. The summed E-state index contributed by atoms with van der Waals surface area (Å²) in [5, 5.41) is 3.59. The van der Waals surface area contributed by atoms with Gasteiger partial charge in [-0.25, -0.2) is 0 Å². The van der Waals surface area contributed by atoms with Crippen LogP contribution in [0.5, 0.6) is 0 Å². The highest BCUT2D eigenvalue weighted by atomic mass is 16.2. The predicted molar refractivity (Wildman–Crippen MR) is 84.7 cm³/mol. The lowest BCUT2D eigenvalue weighted by Crippen LogP contribution is -2.47. The molecule has 3 rings (SSSR count). The summed E-state index contributed by atoms with van der Waals surface area (Å²) in [6.07, 6.45) is 4.67. The summed E-state index contributed by atoms with van der Waals surface area (Å²) in [7, 11) is 0. The average Bonchev–Trinajstić information content (AvgIpc) is 2.71. The van der Waals surface area contributed by atoms with Gasteiger partial charge in [-0.2, -0.15) is 0 Å². The smallest absolute Gasteiger partial charge is 0.244 e. The Labute approximate surface area is 127 Å². The van der Waals surface area contributed by atoms with E-state index in [9.17, 15) is 4.79 Å². The lowest BCUT2D eigenvalue weighted by Gasteiger charge is -2.40. The maximum absolute atomic E-state index is 13.0. The highest BCUT2D eigenvalue weighted by molar-refractivity contribution is 5.88. The SMILES string of the molecule is CCC1(C)NC(c2ccccc2)N(C(C)C2CCC2)C1=O. The fraction of sp³-hybridized carbons (Fsp3) is 0.611. The highest BCUT2D eigenvalue weighted by Gasteiger charge is 2.50. The maximum Gasteiger partial charge on any atom is 0.244 e. The van der Waals surface area contributed by atoms with Crippen molar-refractivity contribution in [1.29, 1.82) is 0 Å². The zero-order valence-corrected chi connectivity index (χ0v) is 13.3. The number of hydrogen-bond acceptors (Lipinski definition) is 2. The van der Waals surface area contributed by atoms with Gasteiger partial charge in [0.15, 0.2) is 0 Å². The van der Waals surface area contributed by atoms with E-state index in [2.05, 4.69) is 48.3 Å². The molecule has 1 saturated heterocycles. The summed E-state index contributed by atoms with van der Waals surface area (Å²) in [5.74, 6) is 0.930. The van der Waals surface area contributed by atoms with Gasteiger partial charge in [-0.15, -0.1) is 0 Å². The molecule has 2 aliphatic rings. The van der Waals surface area contributed by atoms with Crippen LogP contribution >= 0.6 is 0 Å². The number of carbonyl (C=O) groups excluding carboxylic acids is 1. The summed E-state index contributed by atoms with van der Waals surface area (Å²) in [4.78, 5) is 15.1. The Bertz CT molecular complexity index is 511. The van der Waals surface area contributed by atoms with Crippen LogP contribution in [0.15, 0.2) is 30.3 Å². The third kappa shape index (κ3) is 2.38. The van der Waals surface area contributed by atoms with Crippen molar-refractivity contribution < 1.29 is 4.79 Å². The lowest BCUT2D eigenvalue weighted by atomic mass is 9.79. The Morgan fingerprint density at radius 2 is 2.00 bits per heavy atom. The van der Waals surface area contributed by atoms with Crippen molar-refractivity contribution in [2.24, 2.45) is 5.92 Å². The molecule has 0 radical (unpaired) electrons. The molecule has 0 aromatic heterocycles. The highest BCUT2D eigenvalue weighted by Crippen LogP contribution is 2.40. The molecule has 1 aliphatic heterocycles. The minimum absolute atomic E-state index is 0.0132. The number of rotatable bonds is 4. The van der Waals surface area contributed by atoms with Gasteiger partial charge in [0, 0.05) is 6.04 Å². The summed E-state index contributed by atoms with van der Waals surface area (Å²) in [6.45, 7) is 6.35. The zero-order valence-electron chi connectivity index (χ0n) is 13.3. The molecule has 1 amide bonds. The summed E-state index contributed by atoms with van der Waals surface area (Å²) in [6, 6.07) is 10.7. The van der Waals surface area contributed by atoms with Crippen molar-refractivity contribution in [2.45, 2.75) is 64.2 Å². The van der Waals surface area contributed by atoms with Crippen LogP contribution in [0, 0.1) is 5.92 Å². The fourth-order valence-electron chi connectivity index (χ4n) is 3.54. The van der Waals surface area contributed by atoms with E-state index in [0.717, 1.165) is 6.42 Å². The molecule has 3 nitrogen and oxygen atoms in total. The summed E-state index contributed by atoms with van der Waals surface area (Å²) in [5.41, 5.74) is 0.757. The van der Waals surface area contributed by atoms with Gasteiger partial charge >= 0.3 is 0 Å². The van der Waals surface area contributed by atoms with Crippen LogP contribution in [0.25, 0.3) is 0 Å². The van der Waals surface area contributed by atoms with E-state index in [0.29, 0.717) is 12.0 Å². The van der Waals surface area contributed by atoms with Gasteiger partial charge in [-0.3, -0.25) is 10.1 Å². The largest absolute Gasteiger partial charge is 0.318 e. The minimum Gasteiger partial charge on any atom is -0.318 e. The second kappa shape index (κ2) is 5.45. The standard InChI is InChI=1S/C18H26N2O/c1-4-18(3)17(21)20(13(2)14-11-8-12-14)16(19-18)15-9-6-5-7-10-15/h5-7,9-10,13-14,16,19H,4,8,11-12H2,1-3H3. The molecule has 2 fully saturated rings. The molecule has 21 heavy (non-hydrogen) atoms. The monoisotopic (exact) mass is 286 g/mol. The minimum atomic E-state index is -0.432. The number of hydrogen-bond donors (Lipinski definition) is 1. The Balaban J connectivity index is 1.93. The van der Waals surface area contributed by atoms with E-state index < -0.39 is 5.54 Å². The van der Waals surface area contributed by atoms with Crippen molar-refractivity contribution in [3.05, 3.63) is 35.9 Å². The van der Waals surface area contributed by atoms with Crippen molar-refractivity contribution in [2.75, 3.05) is 0 Å². The molecule has 1 aliphatic carbocycles.